The van der Waals surface area contributed by atoms with E-state index in [1.807, 2.05) is 0 Å². The molecule has 31 nitrogen and oxygen atoms in total. The van der Waals surface area contributed by atoms with E-state index in [0.29, 0.717) is 32.1 Å². The van der Waals surface area contributed by atoms with Crippen LogP contribution in [0.3, 0.4) is 0 Å². The highest BCUT2D eigenvalue weighted by Gasteiger charge is 2.73. The molecule has 0 radical (unpaired) electrons. The molecule has 5 aliphatic carbocycles. The number of carbonyl (C=O) groups excluding carboxylic acids is 3. The molecule has 1 spiro atoms. The lowest BCUT2D eigenvalue weighted by Crippen LogP contribution is -2.71. The van der Waals surface area contributed by atoms with Gasteiger partial charge in [-0.1, -0.05) is 53.2 Å². The van der Waals surface area contributed by atoms with Gasteiger partial charge in [-0.25, -0.2) is 0 Å². The molecule has 11 fully saturated rings. The van der Waals surface area contributed by atoms with Crippen molar-refractivity contribution >= 4 is 17.9 Å². The zero-order valence-corrected chi connectivity index (χ0v) is 54.7. The number of aliphatic hydroxyl groups is 16. The van der Waals surface area contributed by atoms with Crippen molar-refractivity contribution in [1.82, 2.24) is 0 Å². The van der Waals surface area contributed by atoms with Gasteiger partial charge in [0.15, 0.2) is 37.4 Å². The van der Waals surface area contributed by atoms with Crippen LogP contribution in [0.25, 0.3) is 0 Å². The summed E-state index contributed by atoms with van der Waals surface area (Å²) >= 11 is 0. The van der Waals surface area contributed by atoms with Crippen LogP contribution < -0.4 is 0 Å². The van der Waals surface area contributed by atoms with Gasteiger partial charge in [0.1, 0.15) is 104 Å². The number of aliphatic hydroxyl groups excluding tert-OH is 15. The summed E-state index contributed by atoms with van der Waals surface area (Å²) in [5.74, 6) is -4.74. The molecule has 35 atom stereocenters. The summed E-state index contributed by atoms with van der Waals surface area (Å²) in [7, 11) is 0. The predicted octanol–water partition coefficient (Wildman–Crippen LogP) is -4.34. The van der Waals surface area contributed by atoms with Crippen molar-refractivity contribution < 1.29 is 153 Å². The molecule has 542 valence electrons. The van der Waals surface area contributed by atoms with Crippen molar-refractivity contribution in [1.29, 1.82) is 0 Å². The Balaban J connectivity index is 0.966. The van der Waals surface area contributed by atoms with E-state index in [9.17, 15) is 91.3 Å². The normalized spacial score (nSPS) is 54.8. The number of rotatable bonds is 4. The minimum absolute atomic E-state index is 0.0545. The largest absolute Gasteiger partial charge is 0.463 e. The van der Waals surface area contributed by atoms with E-state index in [1.165, 1.54) is 6.92 Å². The van der Waals surface area contributed by atoms with Crippen LogP contribution in [0, 0.1) is 50.2 Å². The number of esters is 3. The Bertz CT molecular complexity index is 2790. The molecule has 9 heterocycles. The molecule has 4 saturated carbocycles. The van der Waals surface area contributed by atoms with E-state index in [2.05, 4.69) is 40.7 Å². The first kappa shape index (κ1) is 73.4. The van der Waals surface area contributed by atoms with Crippen LogP contribution in [0.1, 0.15) is 120 Å². The molecule has 0 amide bonds. The lowest BCUT2D eigenvalue weighted by atomic mass is 9.33. The van der Waals surface area contributed by atoms with Crippen molar-refractivity contribution in [3.05, 3.63) is 11.6 Å². The SMILES string of the molecule is C[C@@H]1O[C@H]2O[C@@H]3[C@@H](OC[C@H](O)[C@@H]3O)OC(=O)[C@]34CCC(C)(C)C[C@H]3C3=CC[C@@H]5[C@@]6(C)C[C@H](O)[C@H](O[C@@H]7O[C@H](CO)[C@@H](O)[C@H](O)[C@@H]7O[C@@H]7O[C@H](COC(=O)C[C@](C)(O)CC(=O)O[C@@H]1[C@@H](O[C@@H]1OC[C@@H](O)[C@H](O)[C@H]1O)[C@H]2O)[C@@H](O)[C@H](O)[C@H]7O)[C@@](C)(CO)[C@@H]6CC[C@@]5(C)[C@]3(C)C[C@H]4O. The van der Waals surface area contributed by atoms with Crippen LogP contribution in [0.5, 0.6) is 0 Å². The van der Waals surface area contributed by atoms with E-state index < -0.39 is 268 Å². The van der Waals surface area contributed by atoms with Crippen molar-refractivity contribution in [2.45, 2.75) is 285 Å². The first-order valence-electron chi connectivity index (χ1n) is 33.3. The Morgan fingerprint density at radius 3 is 1.91 bits per heavy atom. The summed E-state index contributed by atoms with van der Waals surface area (Å²) in [5, 5.41) is 183. The van der Waals surface area contributed by atoms with Gasteiger partial charge in [-0.2, -0.15) is 0 Å². The van der Waals surface area contributed by atoms with Crippen molar-refractivity contribution in [3.8, 4) is 0 Å². The molecule has 0 aromatic heterocycles. The average Bonchev–Trinajstić information content (AvgIpc) is 0.670. The number of allylic oxidation sites excluding steroid dienone is 2. The van der Waals surface area contributed by atoms with Crippen LogP contribution in [0.4, 0.5) is 0 Å². The van der Waals surface area contributed by atoms with Gasteiger partial charge in [-0.05, 0) is 105 Å². The Labute approximate surface area is 549 Å². The molecule has 7 saturated heterocycles. The smallest absolute Gasteiger partial charge is 0.317 e. The highest BCUT2D eigenvalue weighted by molar-refractivity contribution is 5.80. The highest BCUT2D eigenvalue weighted by Crippen LogP contribution is 2.76. The van der Waals surface area contributed by atoms with E-state index in [-0.39, 0.29) is 30.6 Å². The van der Waals surface area contributed by atoms with Crippen molar-refractivity contribution in [3.63, 3.8) is 0 Å². The summed E-state index contributed by atoms with van der Waals surface area (Å²) in [6.07, 6.45) is -44.3. The van der Waals surface area contributed by atoms with Crippen LogP contribution in [-0.2, 0) is 71.2 Å². The van der Waals surface area contributed by atoms with Crippen LogP contribution >= 0.6 is 0 Å². The Morgan fingerprint density at radius 2 is 1.22 bits per heavy atom. The molecule has 0 unspecified atom stereocenters. The molecule has 14 aliphatic rings. The first-order valence-corrected chi connectivity index (χ1v) is 33.3. The first-order chi connectivity index (χ1) is 44.4. The molecule has 31 heteroatoms. The maximum atomic E-state index is 15.7. The summed E-state index contributed by atoms with van der Waals surface area (Å²) < 4.78 is 72.1. The summed E-state index contributed by atoms with van der Waals surface area (Å²) in [6.45, 7) is 11.1. The number of ether oxygens (including phenoxy) is 12. The molecule has 9 aliphatic heterocycles. The molecular formula is C64H100O31. The molecule has 0 aromatic carbocycles. The van der Waals surface area contributed by atoms with Gasteiger partial charge in [0.05, 0.1) is 69.3 Å². The van der Waals surface area contributed by atoms with Gasteiger partial charge in [-0.3, -0.25) is 14.4 Å². The number of hydrogen-bond acceptors (Lipinski definition) is 31. The fraction of sp³-hybridized carbons (Fsp3) is 0.922. The molecule has 14 rings (SSSR count). The lowest BCUT2D eigenvalue weighted by molar-refractivity contribution is -0.384. The minimum atomic E-state index is -2.32. The Morgan fingerprint density at radius 1 is 0.568 bits per heavy atom. The van der Waals surface area contributed by atoms with E-state index >= 15 is 4.79 Å². The van der Waals surface area contributed by atoms with Crippen molar-refractivity contribution in [2.75, 3.05) is 33.0 Å². The molecule has 0 aromatic rings. The zero-order chi connectivity index (χ0) is 69.4. The van der Waals surface area contributed by atoms with Crippen LogP contribution in [0.2, 0.25) is 0 Å². The molecular weight excluding hydrogens is 1260 g/mol. The average molecular weight is 1370 g/mol. The van der Waals surface area contributed by atoms with Crippen molar-refractivity contribution in [2.24, 2.45) is 50.2 Å². The third-order valence-electron chi connectivity index (χ3n) is 24.3. The van der Waals surface area contributed by atoms with Gasteiger partial charge in [0, 0.05) is 5.41 Å². The third kappa shape index (κ3) is 12.7. The number of hydrogen-bond donors (Lipinski definition) is 16. The fourth-order valence-corrected chi connectivity index (χ4v) is 18.8. The lowest BCUT2D eigenvalue weighted by Gasteiger charge is -2.72. The van der Waals surface area contributed by atoms with Crippen LogP contribution in [0.15, 0.2) is 11.6 Å². The summed E-state index contributed by atoms with van der Waals surface area (Å²) in [6, 6.07) is 0. The monoisotopic (exact) mass is 1360 g/mol. The second-order valence-electron chi connectivity index (χ2n) is 31.1. The van der Waals surface area contributed by atoms with E-state index in [4.69, 9.17) is 56.8 Å². The molecule has 16 N–H and O–H groups in total. The molecule has 95 heavy (non-hydrogen) atoms. The standard InChI is InChI=1S/C64H100O31/c1-25-47-48(91-52-44(79)38(73)29(68)21-85-52)46(81)54(87-25)92-49-39(74)30(69)22-86-55(49)95-57(82)64-14-13-58(2,3)15-27(64)26-9-10-34-60(5)16-28(67)51(61(6,24-66)33(60)11-12-62(34,7)63(26,8)17-35(64)70)94-56-50(43(78)40(75)31(20-65)88-56)93-53-45(80)42(77)41(76)32(89-53)23-84-36(71)18-59(4,83)19-37(72)90-47/h9,25,27-35,38-56,65-70,73-81,83H,10-24H2,1-8H3/t25-,27-,28-,29+,30-,31+,32+,33+,34+,35+,38-,39-,40+,41+,42-,43-,44+,45+,46+,47-,48-,49-,50-,51-,52-,53-,54-,55-,56-,59-,60-,61-,62+,63+,64+/m0/s1. The minimum Gasteiger partial charge on any atom is -0.463 e. The molecule has 12 bridgehead atoms. The van der Waals surface area contributed by atoms with Gasteiger partial charge in [0.2, 0.25) is 6.29 Å². The van der Waals surface area contributed by atoms with E-state index in [1.54, 1.807) is 6.92 Å². The summed E-state index contributed by atoms with van der Waals surface area (Å²) in [5.41, 5.74) is -7.04. The Kier molecular flexibility index (Phi) is 20.7. The highest BCUT2D eigenvalue weighted by atomic mass is 16.8. The van der Waals surface area contributed by atoms with Gasteiger partial charge < -0.3 is 139 Å². The fourth-order valence-electron chi connectivity index (χ4n) is 18.8. The second-order valence-corrected chi connectivity index (χ2v) is 31.1. The maximum Gasteiger partial charge on any atom is 0.317 e. The van der Waals surface area contributed by atoms with Crippen LogP contribution in [-0.4, -0.2) is 298 Å². The Hall–Kier alpha value is -2.85. The topological polar surface area (TPSA) is 486 Å². The van der Waals surface area contributed by atoms with E-state index in [0.717, 1.165) is 12.5 Å². The third-order valence-corrected chi connectivity index (χ3v) is 24.3. The maximum absolute atomic E-state index is 15.7. The zero-order valence-electron chi connectivity index (χ0n) is 54.7. The van der Waals surface area contributed by atoms with Gasteiger partial charge in [-0.15, -0.1) is 0 Å². The predicted molar refractivity (Wildman–Crippen MR) is 314 cm³/mol. The number of carbonyl (C=O) groups is 3. The second kappa shape index (κ2) is 26.8. The van der Waals surface area contributed by atoms with Gasteiger partial charge in [0.25, 0.3) is 0 Å². The van der Waals surface area contributed by atoms with Gasteiger partial charge >= 0.3 is 17.9 Å². The quantitative estimate of drug-likeness (QED) is 0.0547. The summed E-state index contributed by atoms with van der Waals surface area (Å²) in [4.78, 5) is 43.1.